The van der Waals surface area contributed by atoms with Crippen LogP contribution in [0.3, 0.4) is 0 Å². The molecule has 1 saturated heterocycles. The van der Waals surface area contributed by atoms with E-state index < -0.39 is 0 Å². The summed E-state index contributed by atoms with van der Waals surface area (Å²) in [5.41, 5.74) is 7.19. The van der Waals surface area contributed by atoms with E-state index >= 15 is 0 Å². The minimum absolute atomic E-state index is 0.207. The van der Waals surface area contributed by atoms with Gasteiger partial charge in [-0.05, 0) is 71.8 Å². The Morgan fingerprint density at radius 1 is 1.30 bits per heavy atom. The van der Waals surface area contributed by atoms with Gasteiger partial charge < -0.3 is 5.73 Å². The second-order valence-corrected chi connectivity index (χ2v) is 6.92. The second-order valence-electron chi connectivity index (χ2n) is 6.06. The van der Waals surface area contributed by atoms with Gasteiger partial charge in [0.05, 0.1) is 4.47 Å². The van der Waals surface area contributed by atoms with Gasteiger partial charge >= 0.3 is 0 Å². The summed E-state index contributed by atoms with van der Waals surface area (Å²) in [6.07, 6.45) is 6.64. The summed E-state index contributed by atoms with van der Waals surface area (Å²) >= 11 is 3.29. The molecule has 2 aliphatic rings. The van der Waals surface area contributed by atoms with E-state index in [-0.39, 0.29) is 11.9 Å². The summed E-state index contributed by atoms with van der Waals surface area (Å²) in [6.45, 7) is 1.72. The number of nitrogens with two attached hydrogens (primary N) is 1. The van der Waals surface area contributed by atoms with Crippen LogP contribution in [0, 0.1) is 11.7 Å². The van der Waals surface area contributed by atoms with Crippen molar-refractivity contribution >= 4 is 15.9 Å². The van der Waals surface area contributed by atoms with Crippen LogP contribution in [-0.4, -0.2) is 24.0 Å². The molecule has 1 saturated carbocycles. The molecule has 0 amide bonds. The Balaban J connectivity index is 1.86. The molecule has 0 aromatic heterocycles. The van der Waals surface area contributed by atoms with E-state index in [2.05, 4.69) is 20.8 Å². The first-order valence-electron chi connectivity index (χ1n) is 7.61. The first-order valence-corrected chi connectivity index (χ1v) is 8.40. The number of likely N-dealkylation sites (tertiary alicyclic amines) is 1. The molecule has 1 aromatic rings. The van der Waals surface area contributed by atoms with Gasteiger partial charge in [-0.3, -0.25) is 4.90 Å². The van der Waals surface area contributed by atoms with Crippen molar-refractivity contribution in [1.82, 2.24) is 4.90 Å². The molecule has 0 radical (unpaired) electrons. The Kier molecular flexibility index (Phi) is 4.43. The van der Waals surface area contributed by atoms with Crippen molar-refractivity contribution in [3.8, 4) is 0 Å². The molecule has 2 nitrogen and oxygen atoms in total. The molecule has 2 fully saturated rings. The van der Waals surface area contributed by atoms with Crippen molar-refractivity contribution in [2.75, 3.05) is 13.1 Å². The molecule has 4 heteroatoms. The number of rotatable bonds is 3. The normalized spacial score (nSPS) is 28.4. The number of nitrogens with zero attached hydrogens (tertiary/aromatic N) is 1. The van der Waals surface area contributed by atoms with Crippen molar-refractivity contribution in [3.63, 3.8) is 0 Å². The molecule has 1 heterocycles. The number of hydrogen-bond donors (Lipinski definition) is 1. The van der Waals surface area contributed by atoms with E-state index in [4.69, 9.17) is 5.73 Å². The summed E-state index contributed by atoms with van der Waals surface area (Å²) < 4.78 is 14.0. The molecular formula is C16H22BrFN2. The van der Waals surface area contributed by atoms with Gasteiger partial charge in [-0.25, -0.2) is 4.39 Å². The van der Waals surface area contributed by atoms with Gasteiger partial charge in [-0.15, -0.1) is 0 Å². The maximum absolute atomic E-state index is 13.4. The predicted molar refractivity (Wildman–Crippen MR) is 83.0 cm³/mol. The molecule has 1 aliphatic heterocycles. The Hall–Kier alpha value is -0.450. The lowest BCUT2D eigenvalue weighted by Gasteiger charge is -2.42. The number of benzene rings is 1. The van der Waals surface area contributed by atoms with Crippen LogP contribution in [0.15, 0.2) is 22.7 Å². The molecule has 20 heavy (non-hydrogen) atoms. The third-order valence-electron chi connectivity index (χ3n) is 4.99. The third kappa shape index (κ3) is 2.66. The van der Waals surface area contributed by atoms with Crippen LogP contribution in [0.25, 0.3) is 0 Å². The molecule has 1 aromatic carbocycles. The monoisotopic (exact) mass is 340 g/mol. The molecule has 0 spiro atoms. The van der Waals surface area contributed by atoms with Gasteiger partial charge in [0.15, 0.2) is 0 Å². The van der Waals surface area contributed by atoms with Gasteiger partial charge in [0.1, 0.15) is 5.82 Å². The Bertz CT molecular complexity index is 480. The van der Waals surface area contributed by atoms with E-state index in [1.165, 1.54) is 38.2 Å². The largest absolute Gasteiger partial charge is 0.329 e. The molecule has 3 unspecified atom stereocenters. The van der Waals surface area contributed by atoms with Crippen LogP contribution in [0.5, 0.6) is 0 Å². The predicted octanol–water partition coefficient (Wildman–Crippen LogP) is 3.85. The average molecular weight is 341 g/mol. The molecule has 1 aliphatic carbocycles. The molecular weight excluding hydrogens is 319 g/mol. The Labute approximate surface area is 128 Å². The van der Waals surface area contributed by atoms with Gasteiger partial charge in [0.25, 0.3) is 0 Å². The van der Waals surface area contributed by atoms with Crippen molar-refractivity contribution in [2.24, 2.45) is 11.7 Å². The third-order valence-corrected chi connectivity index (χ3v) is 5.60. The Morgan fingerprint density at radius 3 is 2.85 bits per heavy atom. The standard InChI is InChI=1S/C16H22BrFN2/c17-13-9-12(6-7-14(13)18)16(10-19)20-8-2-4-11-3-1-5-15(11)20/h6-7,9,11,15-16H,1-5,8,10,19H2. The molecule has 0 bridgehead atoms. The fraction of sp³-hybridized carbons (Fsp3) is 0.625. The lowest BCUT2D eigenvalue weighted by Crippen LogP contribution is -2.46. The highest BCUT2D eigenvalue weighted by molar-refractivity contribution is 9.10. The fourth-order valence-electron chi connectivity index (χ4n) is 4.06. The van der Waals surface area contributed by atoms with E-state index in [0.29, 0.717) is 17.1 Å². The second kappa shape index (κ2) is 6.12. The zero-order valence-corrected chi connectivity index (χ0v) is 13.3. The van der Waals surface area contributed by atoms with Crippen LogP contribution >= 0.6 is 15.9 Å². The fourth-order valence-corrected chi connectivity index (χ4v) is 4.46. The number of fused-ring (bicyclic) bond motifs is 1. The highest BCUT2D eigenvalue weighted by atomic mass is 79.9. The average Bonchev–Trinajstić information content (AvgIpc) is 2.93. The van der Waals surface area contributed by atoms with Crippen molar-refractivity contribution in [2.45, 2.75) is 44.2 Å². The lowest BCUT2D eigenvalue weighted by molar-refractivity contribution is 0.0701. The molecule has 110 valence electrons. The SMILES string of the molecule is NCC(c1ccc(F)c(Br)c1)N1CCCC2CCCC21. The quantitative estimate of drug-likeness (QED) is 0.905. The van der Waals surface area contributed by atoms with E-state index in [1.807, 2.05) is 12.1 Å². The minimum Gasteiger partial charge on any atom is -0.329 e. The van der Waals surface area contributed by atoms with Crippen LogP contribution in [0.2, 0.25) is 0 Å². The maximum atomic E-state index is 13.4. The van der Waals surface area contributed by atoms with Crippen LogP contribution in [0.1, 0.15) is 43.7 Å². The van der Waals surface area contributed by atoms with Gasteiger partial charge in [0, 0.05) is 18.6 Å². The molecule has 3 atom stereocenters. The summed E-state index contributed by atoms with van der Waals surface area (Å²) in [5.74, 6) is 0.642. The number of piperidine rings is 1. The van der Waals surface area contributed by atoms with Crippen molar-refractivity contribution < 1.29 is 4.39 Å². The number of halogens is 2. The zero-order valence-electron chi connectivity index (χ0n) is 11.7. The molecule has 3 rings (SSSR count). The number of hydrogen-bond acceptors (Lipinski definition) is 2. The highest BCUT2D eigenvalue weighted by Crippen LogP contribution is 2.40. The first kappa shape index (κ1) is 14.5. The van der Waals surface area contributed by atoms with Crippen LogP contribution in [0.4, 0.5) is 4.39 Å². The van der Waals surface area contributed by atoms with Crippen LogP contribution in [-0.2, 0) is 0 Å². The van der Waals surface area contributed by atoms with Crippen LogP contribution < -0.4 is 5.73 Å². The Morgan fingerprint density at radius 2 is 2.10 bits per heavy atom. The van der Waals surface area contributed by atoms with Crippen molar-refractivity contribution in [1.29, 1.82) is 0 Å². The van der Waals surface area contributed by atoms with E-state index in [9.17, 15) is 4.39 Å². The summed E-state index contributed by atoms with van der Waals surface area (Å²) in [7, 11) is 0. The van der Waals surface area contributed by atoms with Gasteiger partial charge in [-0.2, -0.15) is 0 Å². The summed E-state index contributed by atoms with van der Waals surface area (Å²) in [6, 6.07) is 6.22. The minimum atomic E-state index is -0.207. The van der Waals surface area contributed by atoms with E-state index in [1.54, 1.807) is 0 Å². The lowest BCUT2D eigenvalue weighted by atomic mass is 9.89. The van der Waals surface area contributed by atoms with Gasteiger partial charge in [-0.1, -0.05) is 12.5 Å². The zero-order chi connectivity index (χ0) is 14.1. The highest BCUT2D eigenvalue weighted by Gasteiger charge is 2.38. The maximum Gasteiger partial charge on any atom is 0.137 e. The van der Waals surface area contributed by atoms with Crippen molar-refractivity contribution in [3.05, 3.63) is 34.1 Å². The smallest absolute Gasteiger partial charge is 0.137 e. The van der Waals surface area contributed by atoms with E-state index in [0.717, 1.165) is 18.0 Å². The summed E-state index contributed by atoms with van der Waals surface area (Å²) in [4.78, 5) is 2.58. The summed E-state index contributed by atoms with van der Waals surface area (Å²) in [5, 5.41) is 0. The molecule has 2 N–H and O–H groups in total. The van der Waals surface area contributed by atoms with Gasteiger partial charge in [0.2, 0.25) is 0 Å². The first-order chi connectivity index (χ1) is 9.70. The topological polar surface area (TPSA) is 29.3 Å².